The Morgan fingerprint density at radius 3 is 2.89 bits per heavy atom. The number of ether oxygens (including phenoxy) is 1. The highest BCUT2D eigenvalue weighted by atomic mass is 16.5. The summed E-state index contributed by atoms with van der Waals surface area (Å²) in [6.45, 7) is 5.92. The Morgan fingerprint density at radius 2 is 2.22 bits per heavy atom. The first-order chi connectivity index (χ1) is 8.61. The number of amides is 1. The lowest BCUT2D eigenvalue weighted by molar-refractivity contribution is -0.123. The summed E-state index contributed by atoms with van der Waals surface area (Å²) in [5, 5.41) is 3.98. The second-order valence-electron chi connectivity index (χ2n) is 4.24. The van der Waals surface area contributed by atoms with Crippen LogP contribution in [0.3, 0.4) is 0 Å². The van der Waals surface area contributed by atoms with E-state index in [0.29, 0.717) is 5.75 Å². The SMILES string of the molecule is CCC/C(C)=N/NC(=O)COc1cccc(C)c1. The molecule has 0 fully saturated rings. The first kappa shape index (κ1) is 14.2. The molecule has 0 aromatic heterocycles. The van der Waals surface area contributed by atoms with Crippen molar-refractivity contribution < 1.29 is 9.53 Å². The quantitative estimate of drug-likeness (QED) is 0.621. The molecule has 0 atom stereocenters. The molecular formula is C14H20N2O2. The lowest BCUT2D eigenvalue weighted by Crippen LogP contribution is -2.25. The van der Waals surface area contributed by atoms with E-state index >= 15 is 0 Å². The second-order valence-corrected chi connectivity index (χ2v) is 4.24. The van der Waals surface area contributed by atoms with Gasteiger partial charge < -0.3 is 4.74 Å². The molecule has 0 aliphatic rings. The fraction of sp³-hybridized carbons (Fsp3) is 0.429. The number of hydrazone groups is 1. The Morgan fingerprint density at radius 1 is 1.44 bits per heavy atom. The van der Waals surface area contributed by atoms with E-state index in [1.54, 1.807) is 0 Å². The average molecular weight is 248 g/mol. The fourth-order valence-corrected chi connectivity index (χ4v) is 1.46. The molecule has 1 rings (SSSR count). The first-order valence-electron chi connectivity index (χ1n) is 6.13. The first-order valence-corrected chi connectivity index (χ1v) is 6.13. The van der Waals surface area contributed by atoms with Gasteiger partial charge in [0.15, 0.2) is 6.61 Å². The van der Waals surface area contributed by atoms with Gasteiger partial charge >= 0.3 is 0 Å². The lowest BCUT2D eigenvalue weighted by atomic mass is 10.2. The highest BCUT2D eigenvalue weighted by Crippen LogP contribution is 2.11. The van der Waals surface area contributed by atoms with Crippen LogP contribution in [0.4, 0.5) is 0 Å². The minimum absolute atomic E-state index is 0.0215. The van der Waals surface area contributed by atoms with Gasteiger partial charge in [0.1, 0.15) is 5.75 Å². The van der Waals surface area contributed by atoms with E-state index in [-0.39, 0.29) is 12.5 Å². The van der Waals surface area contributed by atoms with Crippen LogP contribution in [-0.2, 0) is 4.79 Å². The molecule has 18 heavy (non-hydrogen) atoms. The third-order valence-corrected chi connectivity index (χ3v) is 2.34. The van der Waals surface area contributed by atoms with Crippen LogP contribution in [0.25, 0.3) is 0 Å². The highest BCUT2D eigenvalue weighted by molar-refractivity contribution is 5.84. The van der Waals surface area contributed by atoms with Crippen molar-refractivity contribution in [3.8, 4) is 5.75 Å². The zero-order chi connectivity index (χ0) is 13.4. The number of hydrogen-bond acceptors (Lipinski definition) is 3. The summed E-state index contributed by atoms with van der Waals surface area (Å²) >= 11 is 0. The van der Waals surface area contributed by atoms with Crippen molar-refractivity contribution in [3.63, 3.8) is 0 Å². The summed E-state index contributed by atoms with van der Waals surface area (Å²) in [5.74, 6) is 0.450. The molecule has 0 bridgehead atoms. The molecule has 0 saturated carbocycles. The van der Waals surface area contributed by atoms with Gasteiger partial charge in [0.2, 0.25) is 0 Å². The molecule has 0 heterocycles. The summed E-state index contributed by atoms with van der Waals surface area (Å²) in [7, 11) is 0. The predicted molar refractivity (Wildman–Crippen MR) is 72.8 cm³/mol. The van der Waals surface area contributed by atoms with Crippen molar-refractivity contribution in [2.75, 3.05) is 6.61 Å². The highest BCUT2D eigenvalue weighted by Gasteiger charge is 2.01. The largest absolute Gasteiger partial charge is 0.484 e. The van der Waals surface area contributed by atoms with Crippen molar-refractivity contribution in [2.24, 2.45) is 5.10 Å². The van der Waals surface area contributed by atoms with Crippen LogP contribution in [0.1, 0.15) is 32.3 Å². The molecule has 1 amide bonds. The van der Waals surface area contributed by atoms with E-state index in [1.807, 2.05) is 38.1 Å². The van der Waals surface area contributed by atoms with Gasteiger partial charge in [-0.25, -0.2) is 5.43 Å². The Labute approximate surface area is 108 Å². The number of nitrogens with zero attached hydrogens (tertiary/aromatic N) is 1. The normalized spacial score (nSPS) is 11.2. The minimum Gasteiger partial charge on any atom is -0.484 e. The molecule has 4 nitrogen and oxygen atoms in total. The van der Waals surface area contributed by atoms with Crippen LogP contribution in [-0.4, -0.2) is 18.2 Å². The van der Waals surface area contributed by atoms with Crippen molar-refractivity contribution in [2.45, 2.75) is 33.6 Å². The van der Waals surface area contributed by atoms with Gasteiger partial charge in [-0.15, -0.1) is 0 Å². The monoisotopic (exact) mass is 248 g/mol. The van der Waals surface area contributed by atoms with E-state index in [4.69, 9.17) is 4.74 Å². The lowest BCUT2D eigenvalue weighted by Gasteiger charge is -2.06. The molecule has 0 unspecified atom stereocenters. The summed E-state index contributed by atoms with van der Waals surface area (Å²) in [5.41, 5.74) is 4.50. The van der Waals surface area contributed by atoms with Crippen molar-refractivity contribution in [1.29, 1.82) is 0 Å². The number of carbonyl (C=O) groups excluding carboxylic acids is 1. The van der Waals surface area contributed by atoms with E-state index in [2.05, 4.69) is 17.5 Å². The molecule has 0 aliphatic carbocycles. The molecule has 1 aromatic carbocycles. The van der Waals surface area contributed by atoms with E-state index in [0.717, 1.165) is 24.1 Å². The zero-order valence-electron chi connectivity index (χ0n) is 11.2. The molecule has 1 N–H and O–H groups in total. The van der Waals surface area contributed by atoms with Crippen LogP contribution < -0.4 is 10.2 Å². The number of nitrogens with one attached hydrogen (secondary N) is 1. The smallest absolute Gasteiger partial charge is 0.277 e. The number of benzene rings is 1. The van der Waals surface area contributed by atoms with Gasteiger partial charge in [0.25, 0.3) is 5.91 Å². The number of aryl methyl sites for hydroxylation is 1. The molecule has 0 radical (unpaired) electrons. The Kier molecular flexibility index (Phi) is 5.91. The third-order valence-electron chi connectivity index (χ3n) is 2.34. The maximum absolute atomic E-state index is 11.5. The summed E-state index contributed by atoms with van der Waals surface area (Å²) in [4.78, 5) is 11.5. The maximum Gasteiger partial charge on any atom is 0.277 e. The fourth-order valence-electron chi connectivity index (χ4n) is 1.46. The third kappa shape index (κ3) is 5.48. The van der Waals surface area contributed by atoms with Gasteiger partial charge in [-0.2, -0.15) is 5.10 Å². The molecule has 4 heteroatoms. The van der Waals surface area contributed by atoms with Crippen molar-refractivity contribution in [1.82, 2.24) is 5.43 Å². The molecule has 98 valence electrons. The summed E-state index contributed by atoms with van der Waals surface area (Å²) in [6.07, 6.45) is 1.91. The summed E-state index contributed by atoms with van der Waals surface area (Å²) < 4.78 is 5.36. The van der Waals surface area contributed by atoms with Gasteiger partial charge in [-0.05, 0) is 38.0 Å². The number of rotatable bonds is 6. The van der Waals surface area contributed by atoms with Gasteiger partial charge in [0.05, 0.1) is 0 Å². The second kappa shape index (κ2) is 7.48. The van der Waals surface area contributed by atoms with Crippen LogP contribution in [0, 0.1) is 6.92 Å². The van der Waals surface area contributed by atoms with Crippen molar-refractivity contribution in [3.05, 3.63) is 29.8 Å². The Balaban J connectivity index is 2.35. The maximum atomic E-state index is 11.5. The van der Waals surface area contributed by atoms with Crippen LogP contribution in [0.5, 0.6) is 5.75 Å². The molecule has 0 spiro atoms. The topological polar surface area (TPSA) is 50.7 Å². The molecule has 0 saturated heterocycles. The average Bonchev–Trinajstić information content (AvgIpc) is 2.34. The molecule has 1 aromatic rings. The Hall–Kier alpha value is -1.84. The van der Waals surface area contributed by atoms with Crippen LogP contribution in [0.2, 0.25) is 0 Å². The van der Waals surface area contributed by atoms with E-state index < -0.39 is 0 Å². The van der Waals surface area contributed by atoms with Crippen LogP contribution >= 0.6 is 0 Å². The molecule has 0 aliphatic heterocycles. The van der Waals surface area contributed by atoms with Gasteiger partial charge in [-0.1, -0.05) is 25.5 Å². The van der Waals surface area contributed by atoms with Crippen molar-refractivity contribution >= 4 is 11.6 Å². The summed E-state index contributed by atoms with van der Waals surface area (Å²) in [6, 6.07) is 7.59. The van der Waals surface area contributed by atoms with E-state index in [1.165, 1.54) is 0 Å². The Bertz CT molecular complexity index is 428. The number of carbonyl (C=O) groups is 1. The molecular weight excluding hydrogens is 228 g/mol. The van der Waals surface area contributed by atoms with E-state index in [9.17, 15) is 4.79 Å². The number of hydrogen-bond donors (Lipinski definition) is 1. The predicted octanol–water partition coefficient (Wildman–Crippen LogP) is 2.67. The van der Waals surface area contributed by atoms with Gasteiger partial charge in [-0.3, -0.25) is 4.79 Å². The van der Waals surface area contributed by atoms with Crippen LogP contribution in [0.15, 0.2) is 29.4 Å². The standard InChI is InChI=1S/C14H20N2O2/c1-4-6-12(3)15-16-14(17)10-18-13-8-5-7-11(2)9-13/h5,7-9H,4,6,10H2,1-3H3,(H,16,17)/b15-12+. The zero-order valence-corrected chi connectivity index (χ0v) is 11.2. The van der Waals surface area contributed by atoms with Gasteiger partial charge in [0, 0.05) is 5.71 Å². The minimum atomic E-state index is -0.244.